The SMILES string of the molecule is CC(C)(C)c1ccc2c(c1)C(=O)N(CCCC(=O)O)CC2. The van der Waals surface area contributed by atoms with E-state index in [1.165, 1.54) is 0 Å². The van der Waals surface area contributed by atoms with Gasteiger partial charge in [-0.1, -0.05) is 32.9 Å². The molecule has 2 rings (SSSR count). The molecule has 1 N–H and O–H groups in total. The Morgan fingerprint density at radius 3 is 2.67 bits per heavy atom. The Morgan fingerprint density at radius 2 is 2.05 bits per heavy atom. The topological polar surface area (TPSA) is 57.6 Å². The van der Waals surface area contributed by atoms with Crippen molar-refractivity contribution in [3.8, 4) is 0 Å². The molecule has 4 nitrogen and oxygen atoms in total. The van der Waals surface area contributed by atoms with Crippen molar-refractivity contribution >= 4 is 11.9 Å². The maximum atomic E-state index is 12.6. The van der Waals surface area contributed by atoms with Crippen molar-refractivity contribution in [3.63, 3.8) is 0 Å². The predicted octanol–water partition coefficient (Wildman–Crippen LogP) is 2.85. The van der Waals surface area contributed by atoms with Crippen molar-refractivity contribution in [1.82, 2.24) is 4.90 Å². The second-order valence-electron chi connectivity index (χ2n) is 6.66. The number of aliphatic carboxylic acids is 1. The van der Waals surface area contributed by atoms with Gasteiger partial charge in [-0.25, -0.2) is 0 Å². The first kappa shape index (κ1) is 15.5. The molecule has 0 aromatic heterocycles. The number of carbonyl (C=O) groups excluding carboxylic acids is 1. The molecule has 1 aromatic rings. The second kappa shape index (κ2) is 5.88. The zero-order valence-corrected chi connectivity index (χ0v) is 13.0. The van der Waals surface area contributed by atoms with Gasteiger partial charge in [-0.15, -0.1) is 0 Å². The Hall–Kier alpha value is -1.84. The first-order valence-electron chi connectivity index (χ1n) is 7.43. The maximum absolute atomic E-state index is 12.6. The molecule has 0 saturated heterocycles. The fourth-order valence-corrected chi connectivity index (χ4v) is 2.62. The Kier molecular flexibility index (Phi) is 4.35. The van der Waals surface area contributed by atoms with Crippen LogP contribution in [0.5, 0.6) is 0 Å². The Bertz CT molecular complexity index is 558. The lowest BCUT2D eigenvalue weighted by molar-refractivity contribution is -0.137. The zero-order chi connectivity index (χ0) is 15.6. The lowest BCUT2D eigenvalue weighted by atomic mass is 9.84. The molecule has 1 aromatic carbocycles. The van der Waals surface area contributed by atoms with Crippen molar-refractivity contribution in [2.45, 2.75) is 45.4 Å². The summed E-state index contributed by atoms with van der Waals surface area (Å²) in [6.45, 7) is 7.59. The highest BCUT2D eigenvalue weighted by molar-refractivity contribution is 5.97. The number of hydrogen-bond donors (Lipinski definition) is 1. The third-order valence-corrected chi connectivity index (χ3v) is 3.96. The molecule has 0 atom stereocenters. The molecule has 4 heteroatoms. The van der Waals surface area contributed by atoms with E-state index in [0.29, 0.717) is 19.5 Å². The van der Waals surface area contributed by atoms with Crippen LogP contribution in [0.1, 0.15) is 55.1 Å². The smallest absolute Gasteiger partial charge is 0.303 e. The third kappa shape index (κ3) is 3.63. The molecule has 114 valence electrons. The molecule has 1 aliphatic heterocycles. The number of fused-ring (bicyclic) bond motifs is 1. The summed E-state index contributed by atoms with van der Waals surface area (Å²) in [7, 11) is 0. The lowest BCUT2D eigenvalue weighted by Gasteiger charge is -2.30. The minimum absolute atomic E-state index is 0.0148. The number of benzene rings is 1. The largest absolute Gasteiger partial charge is 0.481 e. The second-order valence-corrected chi connectivity index (χ2v) is 6.66. The van der Waals surface area contributed by atoms with Gasteiger partial charge in [0.2, 0.25) is 0 Å². The van der Waals surface area contributed by atoms with Gasteiger partial charge in [-0.05, 0) is 35.4 Å². The summed E-state index contributed by atoms with van der Waals surface area (Å²) in [5.74, 6) is -0.775. The van der Waals surface area contributed by atoms with Crippen LogP contribution in [0, 0.1) is 0 Å². The molecule has 0 aliphatic carbocycles. The standard InChI is InChI=1S/C17H23NO3/c1-17(2,3)13-7-6-12-8-10-18(9-4-5-15(19)20)16(21)14(12)11-13/h6-7,11H,4-5,8-10H2,1-3H3,(H,19,20). The Morgan fingerprint density at radius 1 is 1.33 bits per heavy atom. The van der Waals surface area contributed by atoms with Crippen LogP contribution in [0.15, 0.2) is 18.2 Å². The number of carbonyl (C=O) groups is 2. The van der Waals surface area contributed by atoms with E-state index in [1.807, 2.05) is 6.07 Å². The van der Waals surface area contributed by atoms with Gasteiger partial charge in [0, 0.05) is 25.1 Å². The van der Waals surface area contributed by atoms with Crippen LogP contribution in [0.3, 0.4) is 0 Å². The van der Waals surface area contributed by atoms with Crippen LogP contribution in [0.2, 0.25) is 0 Å². The average Bonchev–Trinajstić information content (AvgIpc) is 2.39. The number of carboxylic acids is 1. The van der Waals surface area contributed by atoms with Crippen LogP contribution < -0.4 is 0 Å². The number of rotatable bonds is 4. The molecule has 0 fully saturated rings. The van der Waals surface area contributed by atoms with Crippen LogP contribution in [0.4, 0.5) is 0 Å². The molecule has 21 heavy (non-hydrogen) atoms. The van der Waals surface area contributed by atoms with E-state index in [9.17, 15) is 9.59 Å². The van der Waals surface area contributed by atoms with Crippen molar-refractivity contribution in [2.24, 2.45) is 0 Å². The van der Waals surface area contributed by atoms with Crippen molar-refractivity contribution in [3.05, 3.63) is 34.9 Å². The summed E-state index contributed by atoms with van der Waals surface area (Å²) in [6.07, 6.45) is 1.46. The molecule has 0 unspecified atom stereocenters. The summed E-state index contributed by atoms with van der Waals surface area (Å²) < 4.78 is 0. The molecular weight excluding hydrogens is 266 g/mol. The highest BCUT2D eigenvalue weighted by Crippen LogP contribution is 2.27. The summed E-state index contributed by atoms with van der Waals surface area (Å²) >= 11 is 0. The van der Waals surface area contributed by atoms with Gasteiger partial charge in [0.05, 0.1) is 0 Å². The summed E-state index contributed by atoms with van der Waals surface area (Å²) in [5.41, 5.74) is 3.05. The monoisotopic (exact) mass is 289 g/mol. The van der Waals surface area contributed by atoms with Gasteiger partial charge >= 0.3 is 5.97 Å². The summed E-state index contributed by atoms with van der Waals surface area (Å²) in [4.78, 5) is 24.9. The maximum Gasteiger partial charge on any atom is 0.303 e. The van der Waals surface area contributed by atoms with Crippen LogP contribution >= 0.6 is 0 Å². The van der Waals surface area contributed by atoms with E-state index in [4.69, 9.17) is 5.11 Å². The highest BCUT2D eigenvalue weighted by atomic mass is 16.4. The fraction of sp³-hybridized carbons (Fsp3) is 0.529. The van der Waals surface area contributed by atoms with Crippen molar-refractivity contribution < 1.29 is 14.7 Å². The van der Waals surface area contributed by atoms with Gasteiger partial charge in [-0.3, -0.25) is 9.59 Å². The number of carboxylic acid groups (broad SMARTS) is 1. The van der Waals surface area contributed by atoms with Crippen molar-refractivity contribution in [2.75, 3.05) is 13.1 Å². The minimum Gasteiger partial charge on any atom is -0.481 e. The number of hydrogen-bond acceptors (Lipinski definition) is 2. The first-order valence-corrected chi connectivity index (χ1v) is 7.43. The first-order chi connectivity index (χ1) is 9.79. The molecule has 0 spiro atoms. The third-order valence-electron chi connectivity index (χ3n) is 3.96. The van der Waals surface area contributed by atoms with Crippen LogP contribution in [-0.2, 0) is 16.6 Å². The highest BCUT2D eigenvalue weighted by Gasteiger charge is 2.26. The van der Waals surface area contributed by atoms with Crippen LogP contribution in [-0.4, -0.2) is 35.0 Å². The Balaban J connectivity index is 2.16. The van der Waals surface area contributed by atoms with Gasteiger partial charge in [0.1, 0.15) is 0 Å². The minimum atomic E-state index is -0.810. The normalized spacial score (nSPS) is 15.0. The zero-order valence-electron chi connectivity index (χ0n) is 13.0. The van der Waals surface area contributed by atoms with Gasteiger partial charge in [0.15, 0.2) is 0 Å². The molecule has 1 amide bonds. The number of amides is 1. The predicted molar refractivity (Wildman–Crippen MR) is 81.6 cm³/mol. The molecular formula is C17H23NO3. The summed E-state index contributed by atoms with van der Waals surface area (Å²) in [5, 5.41) is 8.69. The van der Waals surface area contributed by atoms with E-state index in [1.54, 1.807) is 4.90 Å². The molecule has 1 heterocycles. The van der Waals surface area contributed by atoms with E-state index < -0.39 is 5.97 Å². The van der Waals surface area contributed by atoms with E-state index >= 15 is 0 Å². The summed E-state index contributed by atoms with van der Waals surface area (Å²) in [6, 6.07) is 6.16. The molecule has 0 saturated carbocycles. The Labute approximate surface area is 125 Å². The van der Waals surface area contributed by atoms with Gasteiger partial charge in [-0.2, -0.15) is 0 Å². The number of nitrogens with zero attached hydrogens (tertiary/aromatic N) is 1. The van der Waals surface area contributed by atoms with Gasteiger partial charge in [0.25, 0.3) is 5.91 Å². The fourth-order valence-electron chi connectivity index (χ4n) is 2.62. The van der Waals surface area contributed by atoms with Crippen LogP contribution in [0.25, 0.3) is 0 Å². The van der Waals surface area contributed by atoms with Crippen molar-refractivity contribution in [1.29, 1.82) is 0 Å². The van der Waals surface area contributed by atoms with E-state index in [0.717, 1.165) is 23.1 Å². The van der Waals surface area contributed by atoms with E-state index in [-0.39, 0.29) is 17.7 Å². The molecule has 0 radical (unpaired) electrons. The van der Waals surface area contributed by atoms with Gasteiger partial charge < -0.3 is 10.0 Å². The quantitative estimate of drug-likeness (QED) is 0.927. The average molecular weight is 289 g/mol. The molecule has 0 bridgehead atoms. The lowest BCUT2D eigenvalue weighted by Crippen LogP contribution is -2.38. The van der Waals surface area contributed by atoms with E-state index in [2.05, 4.69) is 32.9 Å². The molecule has 1 aliphatic rings.